The number of morpholine rings is 1. The highest BCUT2D eigenvalue weighted by atomic mass is 16.5. The number of likely N-dealkylation sites (tertiary alicyclic amines) is 1. The largest absolute Gasteiger partial charge is 0.374 e. The Balaban J connectivity index is 1.89. The predicted octanol–water partition coefficient (Wildman–Crippen LogP) is 0.760. The molecule has 4 heteroatoms. The number of ether oxygens (including phenoxy) is 1. The summed E-state index contributed by atoms with van der Waals surface area (Å²) in [6.07, 6.45) is 3.70. The van der Waals surface area contributed by atoms with E-state index in [2.05, 4.69) is 16.8 Å². The fraction of sp³-hybridized carbons (Fsp3) is 0.923. The molecule has 0 aromatic rings. The number of rotatable bonds is 3. The lowest BCUT2D eigenvalue weighted by Crippen LogP contribution is -2.51. The van der Waals surface area contributed by atoms with E-state index >= 15 is 0 Å². The summed E-state index contributed by atoms with van der Waals surface area (Å²) >= 11 is 0. The summed E-state index contributed by atoms with van der Waals surface area (Å²) < 4.78 is 5.78. The number of hydrogen-bond acceptors (Lipinski definition) is 4. The summed E-state index contributed by atoms with van der Waals surface area (Å²) in [4.78, 5) is 16.3. The van der Waals surface area contributed by atoms with Crippen LogP contribution in [0.4, 0.5) is 0 Å². The number of ketones is 1. The van der Waals surface area contributed by atoms with Gasteiger partial charge in [0, 0.05) is 19.6 Å². The number of Topliss-reactive ketones (excluding diaryl/α,β-unsaturated/α-hetero) is 1. The molecule has 2 unspecified atom stereocenters. The second-order valence-electron chi connectivity index (χ2n) is 5.37. The minimum atomic E-state index is 0.139. The van der Waals surface area contributed by atoms with E-state index in [0.717, 1.165) is 39.2 Å². The molecule has 0 spiro atoms. The quantitative estimate of drug-likeness (QED) is 0.729. The van der Waals surface area contributed by atoms with Gasteiger partial charge in [-0.25, -0.2) is 0 Å². The van der Waals surface area contributed by atoms with Crippen LogP contribution in [0.5, 0.6) is 0 Å². The molecule has 98 valence electrons. The Morgan fingerprint density at radius 1 is 1.35 bits per heavy atom. The fourth-order valence-corrected chi connectivity index (χ4v) is 2.91. The number of piperidine rings is 1. The van der Waals surface area contributed by atoms with Crippen molar-refractivity contribution in [3.63, 3.8) is 0 Å². The first-order valence-corrected chi connectivity index (χ1v) is 6.71. The average molecular weight is 240 g/mol. The molecule has 2 atom stereocenters. The third kappa shape index (κ3) is 3.50. The van der Waals surface area contributed by atoms with Crippen LogP contribution in [0.3, 0.4) is 0 Å². The highest BCUT2D eigenvalue weighted by Gasteiger charge is 2.29. The van der Waals surface area contributed by atoms with Gasteiger partial charge in [0.15, 0.2) is 0 Å². The van der Waals surface area contributed by atoms with Gasteiger partial charge in [-0.2, -0.15) is 0 Å². The molecule has 0 radical (unpaired) electrons. The van der Waals surface area contributed by atoms with Crippen molar-refractivity contribution in [1.82, 2.24) is 9.80 Å². The lowest BCUT2D eigenvalue weighted by molar-refractivity contribution is -0.124. The Kier molecular flexibility index (Phi) is 4.54. The minimum absolute atomic E-state index is 0.139. The van der Waals surface area contributed by atoms with Crippen LogP contribution in [-0.2, 0) is 9.53 Å². The lowest BCUT2D eigenvalue weighted by atomic mass is 9.98. The minimum Gasteiger partial charge on any atom is -0.374 e. The standard InChI is InChI=1S/C13H24N2O2/c1-11(16)13-5-3-4-6-15(13)10-12-9-14(2)7-8-17-12/h12-13H,3-10H2,1-2H3. The molecule has 0 bridgehead atoms. The zero-order chi connectivity index (χ0) is 12.3. The smallest absolute Gasteiger partial charge is 0.146 e. The van der Waals surface area contributed by atoms with E-state index < -0.39 is 0 Å². The number of likely N-dealkylation sites (N-methyl/N-ethyl adjacent to an activating group) is 1. The van der Waals surface area contributed by atoms with Gasteiger partial charge in [-0.05, 0) is 33.4 Å². The van der Waals surface area contributed by atoms with Crippen LogP contribution >= 0.6 is 0 Å². The summed E-state index contributed by atoms with van der Waals surface area (Å²) in [6.45, 7) is 6.51. The number of carbonyl (C=O) groups excluding carboxylic acids is 1. The van der Waals surface area contributed by atoms with Gasteiger partial charge in [0.2, 0.25) is 0 Å². The molecule has 0 aromatic heterocycles. The van der Waals surface area contributed by atoms with E-state index in [9.17, 15) is 4.79 Å². The van der Waals surface area contributed by atoms with Crippen molar-refractivity contribution in [3.05, 3.63) is 0 Å². The second-order valence-corrected chi connectivity index (χ2v) is 5.37. The molecule has 17 heavy (non-hydrogen) atoms. The van der Waals surface area contributed by atoms with Gasteiger partial charge < -0.3 is 9.64 Å². The van der Waals surface area contributed by atoms with E-state index in [-0.39, 0.29) is 12.1 Å². The molecule has 0 aromatic carbocycles. The molecule has 2 aliphatic heterocycles. The highest BCUT2D eigenvalue weighted by Crippen LogP contribution is 2.19. The summed E-state index contributed by atoms with van der Waals surface area (Å²) in [5.41, 5.74) is 0. The predicted molar refractivity (Wildman–Crippen MR) is 67.1 cm³/mol. The zero-order valence-corrected chi connectivity index (χ0v) is 11.0. The van der Waals surface area contributed by atoms with Crippen molar-refractivity contribution in [2.75, 3.05) is 39.8 Å². The molecule has 2 rings (SSSR count). The van der Waals surface area contributed by atoms with E-state index in [4.69, 9.17) is 4.74 Å². The normalized spacial score (nSPS) is 32.6. The van der Waals surface area contributed by atoms with Crippen LogP contribution in [0.15, 0.2) is 0 Å². The molecular formula is C13H24N2O2. The first kappa shape index (κ1) is 13.0. The van der Waals surface area contributed by atoms with E-state index in [1.165, 1.54) is 12.8 Å². The summed E-state index contributed by atoms with van der Waals surface area (Å²) in [5, 5.41) is 0. The van der Waals surface area contributed by atoms with E-state index in [1.807, 2.05) is 0 Å². The molecule has 2 fully saturated rings. The Hall–Kier alpha value is -0.450. The van der Waals surface area contributed by atoms with Gasteiger partial charge in [0.05, 0.1) is 18.8 Å². The van der Waals surface area contributed by atoms with Gasteiger partial charge in [-0.3, -0.25) is 9.69 Å². The maximum Gasteiger partial charge on any atom is 0.146 e. The van der Waals surface area contributed by atoms with Gasteiger partial charge >= 0.3 is 0 Å². The lowest BCUT2D eigenvalue weighted by Gasteiger charge is -2.38. The monoisotopic (exact) mass is 240 g/mol. The van der Waals surface area contributed by atoms with Crippen LogP contribution in [0.1, 0.15) is 26.2 Å². The molecule has 2 heterocycles. The van der Waals surface area contributed by atoms with Gasteiger partial charge in [-0.1, -0.05) is 6.42 Å². The van der Waals surface area contributed by atoms with Crippen molar-refractivity contribution in [2.45, 2.75) is 38.3 Å². The van der Waals surface area contributed by atoms with Crippen molar-refractivity contribution in [3.8, 4) is 0 Å². The van der Waals surface area contributed by atoms with Crippen LogP contribution in [-0.4, -0.2) is 67.6 Å². The van der Waals surface area contributed by atoms with E-state index in [1.54, 1.807) is 6.92 Å². The molecule has 0 aliphatic carbocycles. The molecular weight excluding hydrogens is 216 g/mol. The van der Waals surface area contributed by atoms with Crippen molar-refractivity contribution in [2.24, 2.45) is 0 Å². The van der Waals surface area contributed by atoms with Crippen LogP contribution in [0, 0.1) is 0 Å². The van der Waals surface area contributed by atoms with Crippen LogP contribution in [0.25, 0.3) is 0 Å². The summed E-state index contributed by atoms with van der Waals surface area (Å²) in [7, 11) is 2.13. The molecule has 0 N–H and O–H groups in total. The molecule has 0 amide bonds. The topological polar surface area (TPSA) is 32.8 Å². The fourth-order valence-electron chi connectivity index (χ4n) is 2.91. The molecule has 0 saturated carbocycles. The van der Waals surface area contributed by atoms with Gasteiger partial charge in [0.25, 0.3) is 0 Å². The SMILES string of the molecule is CC(=O)C1CCCCN1CC1CN(C)CCO1. The summed E-state index contributed by atoms with van der Waals surface area (Å²) in [5.74, 6) is 0.314. The maximum atomic E-state index is 11.6. The van der Waals surface area contributed by atoms with Gasteiger partial charge in [-0.15, -0.1) is 0 Å². The molecule has 4 nitrogen and oxygen atoms in total. The first-order chi connectivity index (χ1) is 8.16. The van der Waals surface area contributed by atoms with Crippen LogP contribution in [0.2, 0.25) is 0 Å². The molecule has 2 aliphatic rings. The number of nitrogens with zero attached hydrogens (tertiary/aromatic N) is 2. The number of hydrogen-bond donors (Lipinski definition) is 0. The first-order valence-electron chi connectivity index (χ1n) is 6.71. The third-order valence-electron chi connectivity index (χ3n) is 3.86. The van der Waals surface area contributed by atoms with Crippen molar-refractivity contribution in [1.29, 1.82) is 0 Å². The highest BCUT2D eigenvalue weighted by molar-refractivity contribution is 5.81. The zero-order valence-electron chi connectivity index (χ0n) is 11.0. The second kappa shape index (κ2) is 5.94. The average Bonchev–Trinajstić information content (AvgIpc) is 2.29. The number of carbonyl (C=O) groups is 1. The van der Waals surface area contributed by atoms with Crippen molar-refractivity contribution >= 4 is 5.78 Å². The molecule has 2 saturated heterocycles. The third-order valence-corrected chi connectivity index (χ3v) is 3.86. The Morgan fingerprint density at radius 3 is 2.88 bits per heavy atom. The Morgan fingerprint density at radius 2 is 2.18 bits per heavy atom. The Bertz CT molecular complexity index is 270. The van der Waals surface area contributed by atoms with E-state index in [0.29, 0.717) is 5.78 Å². The van der Waals surface area contributed by atoms with Crippen LogP contribution < -0.4 is 0 Å². The van der Waals surface area contributed by atoms with Gasteiger partial charge in [0.1, 0.15) is 5.78 Å². The Labute approximate surface area is 104 Å². The van der Waals surface area contributed by atoms with Crippen molar-refractivity contribution < 1.29 is 9.53 Å². The maximum absolute atomic E-state index is 11.6. The summed E-state index contributed by atoms with van der Waals surface area (Å²) in [6, 6.07) is 0.139.